The van der Waals surface area contributed by atoms with Crippen LogP contribution in [-0.4, -0.2) is 50.7 Å². The lowest BCUT2D eigenvalue weighted by Crippen LogP contribution is -2.42. The maximum Gasteiger partial charge on any atom is 0.274 e. The van der Waals surface area contributed by atoms with Gasteiger partial charge in [0, 0.05) is 38.8 Å². The third-order valence-electron chi connectivity index (χ3n) is 5.91. The monoisotopic (exact) mass is 384 g/mol. The van der Waals surface area contributed by atoms with Crippen molar-refractivity contribution in [2.75, 3.05) is 13.1 Å². The first-order chi connectivity index (χ1) is 13.0. The zero-order valence-corrected chi connectivity index (χ0v) is 16.5. The Morgan fingerprint density at radius 1 is 1.30 bits per heavy atom. The van der Waals surface area contributed by atoms with Crippen LogP contribution in [-0.2, 0) is 11.3 Å². The summed E-state index contributed by atoms with van der Waals surface area (Å²) in [4.78, 5) is 37.1. The molecule has 7 heteroatoms. The first-order valence-electron chi connectivity index (χ1n) is 9.35. The average Bonchev–Trinajstić information content (AvgIpc) is 3.09. The molecule has 1 saturated heterocycles. The molecule has 1 aliphatic heterocycles. The van der Waals surface area contributed by atoms with Crippen LogP contribution in [0.3, 0.4) is 0 Å². The summed E-state index contributed by atoms with van der Waals surface area (Å²) in [7, 11) is 0. The molecule has 2 fully saturated rings. The SMILES string of the molecule is CC(=O)N(Cc1ccsc1)[C@H]1CC12CCN(C(=O)c1cnc(C)cn1)CC2. The maximum atomic E-state index is 12.6. The van der Waals surface area contributed by atoms with Gasteiger partial charge in [0.05, 0.1) is 11.9 Å². The molecule has 142 valence electrons. The average molecular weight is 385 g/mol. The summed E-state index contributed by atoms with van der Waals surface area (Å²) in [6.07, 6.45) is 6.11. The van der Waals surface area contributed by atoms with Crippen molar-refractivity contribution in [1.82, 2.24) is 19.8 Å². The van der Waals surface area contributed by atoms with Crippen LogP contribution >= 0.6 is 11.3 Å². The van der Waals surface area contributed by atoms with Crippen LogP contribution < -0.4 is 0 Å². The predicted molar refractivity (Wildman–Crippen MR) is 103 cm³/mol. The lowest BCUT2D eigenvalue weighted by atomic mass is 9.92. The predicted octanol–water partition coefficient (Wildman–Crippen LogP) is 2.89. The molecule has 0 radical (unpaired) electrons. The largest absolute Gasteiger partial charge is 0.337 e. The Morgan fingerprint density at radius 3 is 2.67 bits per heavy atom. The fourth-order valence-corrected chi connectivity index (χ4v) is 4.80. The molecular weight excluding hydrogens is 360 g/mol. The van der Waals surface area contributed by atoms with Gasteiger partial charge in [-0.2, -0.15) is 11.3 Å². The minimum Gasteiger partial charge on any atom is -0.337 e. The van der Waals surface area contributed by atoms with E-state index in [1.54, 1.807) is 30.7 Å². The highest BCUT2D eigenvalue weighted by Crippen LogP contribution is 2.57. The number of aryl methyl sites for hydroxylation is 1. The molecule has 0 bridgehead atoms. The fraction of sp³-hybridized carbons (Fsp3) is 0.500. The lowest BCUT2D eigenvalue weighted by molar-refractivity contribution is -0.130. The fourth-order valence-electron chi connectivity index (χ4n) is 4.14. The summed E-state index contributed by atoms with van der Waals surface area (Å²) in [6.45, 7) is 5.64. The third-order valence-corrected chi connectivity index (χ3v) is 6.64. The first-order valence-corrected chi connectivity index (χ1v) is 10.3. The molecule has 27 heavy (non-hydrogen) atoms. The van der Waals surface area contributed by atoms with Crippen molar-refractivity contribution >= 4 is 23.2 Å². The molecule has 6 nitrogen and oxygen atoms in total. The second-order valence-electron chi connectivity index (χ2n) is 7.70. The molecule has 0 unspecified atom stereocenters. The molecule has 1 saturated carbocycles. The van der Waals surface area contributed by atoms with Gasteiger partial charge in [0.2, 0.25) is 5.91 Å². The second-order valence-corrected chi connectivity index (χ2v) is 8.48. The van der Waals surface area contributed by atoms with Crippen LogP contribution in [0, 0.1) is 12.3 Å². The summed E-state index contributed by atoms with van der Waals surface area (Å²) in [5.74, 6) is 0.0905. The number of hydrogen-bond acceptors (Lipinski definition) is 5. The first kappa shape index (κ1) is 18.1. The number of carbonyl (C=O) groups is 2. The molecule has 1 aliphatic carbocycles. The molecule has 2 aromatic rings. The summed E-state index contributed by atoms with van der Waals surface area (Å²) in [5, 5.41) is 4.16. The summed E-state index contributed by atoms with van der Waals surface area (Å²) in [6, 6.07) is 2.38. The van der Waals surface area contributed by atoms with Crippen LogP contribution in [0.25, 0.3) is 0 Å². The van der Waals surface area contributed by atoms with E-state index in [1.165, 1.54) is 5.56 Å². The molecule has 0 aromatic carbocycles. The van der Waals surface area contributed by atoms with Gasteiger partial charge < -0.3 is 9.80 Å². The minimum atomic E-state index is -0.0451. The van der Waals surface area contributed by atoms with E-state index in [4.69, 9.17) is 0 Å². The van der Waals surface area contributed by atoms with Crippen LogP contribution in [0.5, 0.6) is 0 Å². The molecule has 3 heterocycles. The number of amides is 2. The Morgan fingerprint density at radius 2 is 2.07 bits per heavy atom. The van der Waals surface area contributed by atoms with Crippen LogP contribution in [0.15, 0.2) is 29.2 Å². The molecule has 2 aromatic heterocycles. The van der Waals surface area contributed by atoms with Gasteiger partial charge >= 0.3 is 0 Å². The van der Waals surface area contributed by atoms with Gasteiger partial charge in [0.15, 0.2) is 0 Å². The minimum absolute atomic E-state index is 0.0451. The highest BCUT2D eigenvalue weighted by Gasteiger charge is 2.58. The summed E-state index contributed by atoms with van der Waals surface area (Å²) in [5.41, 5.74) is 2.59. The van der Waals surface area contributed by atoms with Crippen molar-refractivity contribution in [2.24, 2.45) is 5.41 Å². The standard InChI is InChI=1S/C20H24N4O2S/c1-14-10-22-17(11-21-14)19(26)23-6-4-20(5-7-23)9-18(20)24(15(2)25)12-16-3-8-27-13-16/h3,8,10-11,13,18H,4-7,9,12H2,1-2H3/t18-/m0/s1. The molecule has 4 rings (SSSR count). The van der Waals surface area contributed by atoms with E-state index >= 15 is 0 Å². The highest BCUT2D eigenvalue weighted by atomic mass is 32.1. The Balaban J connectivity index is 1.38. The number of piperidine rings is 1. The Kier molecular flexibility index (Phi) is 4.72. The van der Waals surface area contributed by atoms with E-state index in [9.17, 15) is 9.59 Å². The molecule has 0 N–H and O–H groups in total. The molecule has 2 aliphatic rings. The zero-order valence-electron chi connectivity index (χ0n) is 15.7. The summed E-state index contributed by atoms with van der Waals surface area (Å²) < 4.78 is 0. The summed E-state index contributed by atoms with van der Waals surface area (Å²) >= 11 is 1.66. The van der Waals surface area contributed by atoms with Gasteiger partial charge in [-0.25, -0.2) is 4.98 Å². The zero-order chi connectivity index (χ0) is 19.0. The number of nitrogens with zero attached hydrogens (tertiary/aromatic N) is 4. The van der Waals surface area contributed by atoms with Gasteiger partial charge in [-0.1, -0.05) is 0 Å². The van der Waals surface area contributed by atoms with Gasteiger partial charge in [-0.3, -0.25) is 14.6 Å². The molecular formula is C20H24N4O2S. The van der Waals surface area contributed by atoms with Crippen LogP contribution in [0.2, 0.25) is 0 Å². The number of hydrogen-bond donors (Lipinski definition) is 0. The van der Waals surface area contributed by atoms with E-state index in [-0.39, 0.29) is 17.2 Å². The van der Waals surface area contributed by atoms with E-state index < -0.39 is 0 Å². The molecule has 1 atom stereocenters. The smallest absolute Gasteiger partial charge is 0.274 e. The number of thiophene rings is 1. The van der Waals surface area contributed by atoms with E-state index in [0.29, 0.717) is 18.3 Å². The number of likely N-dealkylation sites (tertiary alicyclic amines) is 1. The van der Waals surface area contributed by atoms with Gasteiger partial charge in [-0.15, -0.1) is 0 Å². The van der Waals surface area contributed by atoms with Crippen molar-refractivity contribution in [2.45, 2.75) is 45.7 Å². The van der Waals surface area contributed by atoms with Gasteiger partial charge in [0.1, 0.15) is 5.69 Å². The second kappa shape index (κ2) is 7.03. The van der Waals surface area contributed by atoms with Crippen molar-refractivity contribution < 1.29 is 9.59 Å². The number of aromatic nitrogens is 2. The normalized spacial score (nSPS) is 20.5. The Hall–Kier alpha value is -2.28. The molecule has 2 amide bonds. The Bertz CT molecular complexity index is 826. The Labute approximate surface area is 163 Å². The highest BCUT2D eigenvalue weighted by molar-refractivity contribution is 7.07. The quantitative estimate of drug-likeness (QED) is 0.813. The van der Waals surface area contributed by atoms with Crippen molar-refractivity contribution in [3.05, 3.63) is 46.2 Å². The molecule has 1 spiro atoms. The van der Waals surface area contributed by atoms with E-state index in [2.05, 4.69) is 21.4 Å². The topological polar surface area (TPSA) is 66.4 Å². The van der Waals surface area contributed by atoms with Crippen LogP contribution in [0.4, 0.5) is 0 Å². The number of rotatable bonds is 4. The van der Waals surface area contributed by atoms with Crippen molar-refractivity contribution in [3.63, 3.8) is 0 Å². The van der Waals surface area contributed by atoms with Crippen molar-refractivity contribution in [3.8, 4) is 0 Å². The lowest BCUT2D eigenvalue weighted by Gasteiger charge is -2.34. The maximum absolute atomic E-state index is 12.6. The van der Waals surface area contributed by atoms with E-state index in [0.717, 1.165) is 38.0 Å². The van der Waals surface area contributed by atoms with E-state index in [1.807, 2.05) is 22.1 Å². The van der Waals surface area contributed by atoms with Gasteiger partial charge in [0.25, 0.3) is 5.91 Å². The number of carbonyl (C=O) groups excluding carboxylic acids is 2. The van der Waals surface area contributed by atoms with Crippen LogP contribution in [0.1, 0.15) is 47.9 Å². The van der Waals surface area contributed by atoms with Gasteiger partial charge in [-0.05, 0) is 54.0 Å². The third kappa shape index (κ3) is 3.60. The van der Waals surface area contributed by atoms with Crippen molar-refractivity contribution in [1.29, 1.82) is 0 Å².